The summed E-state index contributed by atoms with van der Waals surface area (Å²) in [6.45, 7) is 0.620. The van der Waals surface area contributed by atoms with E-state index in [9.17, 15) is 9.59 Å². The molecule has 1 saturated carbocycles. The minimum atomic E-state index is -0.833. The van der Waals surface area contributed by atoms with E-state index >= 15 is 0 Å². The molecule has 5 heteroatoms. The molecule has 0 aromatic rings. The number of carboxylic acids is 1. The van der Waals surface area contributed by atoms with Gasteiger partial charge in [-0.05, 0) is 19.9 Å². The molecule has 98 valence electrons. The van der Waals surface area contributed by atoms with Gasteiger partial charge in [0.1, 0.15) is 0 Å². The van der Waals surface area contributed by atoms with Crippen LogP contribution in [0.3, 0.4) is 0 Å². The minimum Gasteiger partial charge on any atom is -0.481 e. The second-order valence-corrected chi connectivity index (χ2v) is 4.81. The number of amides is 1. The standard InChI is InChI=1S/C12H22N2O3/c1-13-8-5-10(15)14-12(9-11(16)17)6-3-2-4-7-12/h13H,2-9H2,1H3,(H,14,15)(H,16,17). The second-order valence-electron chi connectivity index (χ2n) is 4.81. The summed E-state index contributed by atoms with van der Waals surface area (Å²) in [4.78, 5) is 22.6. The predicted molar refractivity (Wildman–Crippen MR) is 64.8 cm³/mol. The number of carbonyl (C=O) groups excluding carboxylic acids is 1. The lowest BCUT2D eigenvalue weighted by molar-refractivity contribution is -0.139. The lowest BCUT2D eigenvalue weighted by Gasteiger charge is -2.37. The van der Waals surface area contributed by atoms with Crippen molar-refractivity contribution in [1.82, 2.24) is 10.6 Å². The van der Waals surface area contributed by atoms with Crippen LogP contribution < -0.4 is 10.6 Å². The Hall–Kier alpha value is -1.10. The molecule has 1 aliphatic rings. The molecule has 0 aliphatic heterocycles. The van der Waals surface area contributed by atoms with E-state index < -0.39 is 11.5 Å². The summed E-state index contributed by atoms with van der Waals surface area (Å²) in [5, 5.41) is 14.8. The maximum atomic E-state index is 11.7. The maximum absolute atomic E-state index is 11.7. The molecule has 0 unspecified atom stereocenters. The smallest absolute Gasteiger partial charge is 0.305 e. The van der Waals surface area contributed by atoms with Crippen LogP contribution >= 0.6 is 0 Å². The minimum absolute atomic E-state index is 0.0400. The van der Waals surface area contributed by atoms with Crippen LogP contribution in [0.1, 0.15) is 44.9 Å². The monoisotopic (exact) mass is 242 g/mol. The van der Waals surface area contributed by atoms with Gasteiger partial charge in [0.25, 0.3) is 0 Å². The number of hydrogen-bond acceptors (Lipinski definition) is 3. The van der Waals surface area contributed by atoms with Crippen LogP contribution in [0.25, 0.3) is 0 Å². The van der Waals surface area contributed by atoms with Crippen molar-refractivity contribution in [2.24, 2.45) is 0 Å². The molecule has 0 heterocycles. The Morgan fingerprint density at radius 1 is 1.24 bits per heavy atom. The molecular formula is C12H22N2O3. The van der Waals surface area contributed by atoms with Crippen molar-refractivity contribution < 1.29 is 14.7 Å². The molecule has 1 aliphatic carbocycles. The summed E-state index contributed by atoms with van der Waals surface area (Å²) in [5.74, 6) is -0.886. The fourth-order valence-corrected chi connectivity index (χ4v) is 2.46. The fraction of sp³-hybridized carbons (Fsp3) is 0.833. The van der Waals surface area contributed by atoms with Crippen LogP contribution in [0.5, 0.6) is 0 Å². The third-order valence-corrected chi connectivity index (χ3v) is 3.31. The Labute approximate surface area is 102 Å². The Bertz CT molecular complexity index is 273. The summed E-state index contributed by atoms with van der Waals surface area (Å²) >= 11 is 0. The Morgan fingerprint density at radius 3 is 2.41 bits per heavy atom. The van der Waals surface area contributed by atoms with E-state index in [-0.39, 0.29) is 12.3 Å². The number of hydrogen-bond donors (Lipinski definition) is 3. The van der Waals surface area contributed by atoms with Crippen LogP contribution in [0.2, 0.25) is 0 Å². The average molecular weight is 242 g/mol. The number of carboxylic acid groups (broad SMARTS) is 1. The molecule has 5 nitrogen and oxygen atoms in total. The molecule has 17 heavy (non-hydrogen) atoms. The lowest BCUT2D eigenvalue weighted by atomic mass is 9.79. The summed E-state index contributed by atoms with van der Waals surface area (Å²) in [6, 6.07) is 0. The summed E-state index contributed by atoms with van der Waals surface area (Å²) in [6.07, 6.45) is 5.14. The largest absolute Gasteiger partial charge is 0.481 e. The molecule has 3 N–H and O–H groups in total. The number of aliphatic carboxylic acids is 1. The van der Waals surface area contributed by atoms with E-state index in [4.69, 9.17) is 5.11 Å². The van der Waals surface area contributed by atoms with Crippen LogP contribution in [-0.4, -0.2) is 36.1 Å². The van der Waals surface area contributed by atoms with Crippen molar-refractivity contribution in [3.05, 3.63) is 0 Å². The van der Waals surface area contributed by atoms with E-state index in [1.165, 1.54) is 0 Å². The van der Waals surface area contributed by atoms with Crippen molar-refractivity contribution in [3.8, 4) is 0 Å². The van der Waals surface area contributed by atoms with Crippen molar-refractivity contribution in [2.45, 2.75) is 50.5 Å². The van der Waals surface area contributed by atoms with Gasteiger partial charge in [-0.15, -0.1) is 0 Å². The van der Waals surface area contributed by atoms with Crippen molar-refractivity contribution in [2.75, 3.05) is 13.6 Å². The second kappa shape index (κ2) is 6.59. The summed E-state index contributed by atoms with van der Waals surface area (Å²) < 4.78 is 0. The SMILES string of the molecule is CNCCC(=O)NC1(CC(=O)O)CCCCC1. The third kappa shape index (κ3) is 4.73. The van der Waals surface area contributed by atoms with Crippen molar-refractivity contribution in [3.63, 3.8) is 0 Å². The van der Waals surface area contributed by atoms with Gasteiger partial charge in [-0.2, -0.15) is 0 Å². The van der Waals surface area contributed by atoms with Gasteiger partial charge in [0.05, 0.1) is 12.0 Å². The molecule has 0 aromatic carbocycles. The molecule has 0 radical (unpaired) electrons. The zero-order chi connectivity index (χ0) is 12.7. The first-order valence-electron chi connectivity index (χ1n) is 6.25. The summed E-state index contributed by atoms with van der Waals surface area (Å²) in [5.41, 5.74) is -0.505. The molecule has 0 aromatic heterocycles. The number of carbonyl (C=O) groups is 2. The van der Waals surface area contributed by atoms with Gasteiger partial charge in [0.15, 0.2) is 0 Å². The molecule has 0 saturated heterocycles. The van der Waals surface area contributed by atoms with Crippen molar-refractivity contribution >= 4 is 11.9 Å². The third-order valence-electron chi connectivity index (χ3n) is 3.31. The first kappa shape index (κ1) is 14.0. The van der Waals surface area contributed by atoms with Crippen LogP contribution in [0.15, 0.2) is 0 Å². The quantitative estimate of drug-likeness (QED) is 0.646. The van der Waals surface area contributed by atoms with Gasteiger partial charge < -0.3 is 15.7 Å². The highest BCUT2D eigenvalue weighted by Gasteiger charge is 2.35. The number of rotatable bonds is 6. The van der Waals surface area contributed by atoms with Gasteiger partial charge in [-0.25, -0.2) is 0 Å². The molecular weight excluding hydrogens is 220 g/mol. The molecule has 1 fully saturated rings. The Balaban J connectivity index is 2.56. The van der Waals surface area contributed by atoms with E-state index in [1.54, 1.807) is 7.05 Å². The predicted octanol–water partition coefficient (Wildman–Crippen LogP) is 0.890. The highest BCUT2D eigenvalue weighted by atomic mass is 16.4. The van der Waals surface area contributed by atoms with E-state index in [0.29, 0.717) is 13.0 Å². The van der Waals surface area contributed by atoms with Crippen LogP contribution in [0, 0.1) is 0 Å². The maximum Gasteiger partial charge on any atom is 0.305 e. The highest BCUT2D eigenvalue weighted by Crippen LogP contribution is 2.31. The van der Waals surface area contributed by atoms with Crippen LogP contribution in [-0.2, 0) is 9.59 Å². The highest BCUT2D eigenvalue weighted by molar-refractivity contribution is 5.78. The van der Waals surface area contributed by atoms with E-state index in [1.807, 2.05) is 0 Å². The normalized spacial score (nSPS) is 18.6. The molecule has 0 atom stereocenters. The summed E-state index contributed by atoms with van der Waals surface area (Å²) in [7, 11) is 1.79. The Morgan fingerprint density at radius 2 is 1.88 bits per heavy atom. The van der Waals surface area contributed by atoms with Gasteiger partial charge in [-0.3, -0.25) is 9.59 Å². The zero-order valence-electron chi connectivity index (χ0n) is 10.4. The number of nitrogens with one attached hydrogen (secondary N) is 2. The molecule has 0 bridgehead atoms. The topological polar surface area (TPSA) is 78.4 Å². The Kier molecular flexibility index (Phi) is 5.41. The molecule has 1 rings (SSSR count). The lowest BCUT2D eigenvalue weighted by Crippen LogP contribution is -2.51. The first-order chi connectivity index (χ1) is 8.08. The van der Waals surface area contributed by atoms with Gasteiger partial charge >= 0.3 is 5.97 Å². The first-order valence-corrected chi connectivity index (χ1v) is 6.25. The fourth-order valence-electron chi connectivity index (χ4n) is 2.46. The van der Waals surface area contributed by atoms with Gasteiger partial charge in [0.2, 0.25) is 5.91 Å². The van der Waals surface area contributed by atoms with E-state index in [2.05, 4.69) is 10.6 Å². The average Bonchev–Trinajstić information content (AvgIpc) is 2.26. The zero-order valence-corrected chi connectivity index (χ0v) is 10.4. The van der Waals surface area contributed by atoms with Gasteiger partial charge in [0, 0.05) is 13.0 Å². The van der Waals surface area contributed by atoms with E-state index in [0.717, 1.165) is 32.1 Å². The van der Waals surface area contributed by atoms with Crippen molar-refractivity contribution in [1.29, 1.82) is 0 Å². The van der Waals surface area contributed by atoms with Gasteiger partial charge in [-0.1, -0.05) is 19.3 Å². The molecule has 0 spiro atoms. The molecule has 1 amide bonds. The van der Waals surface area contributed by atoms with Crippen LogP contribution in [0.4, 0.5) is 0 Å².